The molecule has 6 rings (SSSR count). The lowest BCUT2D eigenvalue weighted by Crippen LogP contribution is -2.29. The summed E-state index contributed by atoms with van der Waals surface area (Å²) in [6, 6.07) is 16.5. The highest BCUT2D eigenvalue weighted by molar-refractivity contribution is 5.85. The maximum Gasteiger partial charge on any atom is 0.263 e. The van der Waals surface area contributed by atoms with E-state index in [-0.39, 0.29) is 11.6 Å². The first-order valence-electron chi connectivity index (χ1n) is 10.6. The largest absolute Gasteiger partial charge is 0.358 e. The summed E-state index contributed by atoms with van der Waals surface area (Å²) >= 11 is 0. The molecule has 0 spiro atoms. The summed E-state index contributed by atoms with van der Waals surface area (Å²) in [6.45, 7) is 2.12. The highest BCUT2D eigenvalue weighted by atomic mass is 16.1. The van der Waals surface area contributed by atoms with Crippen LogP contribution in [-0.4, -0.2) is 30.8 Å². The van der Waals surface area contributed by atoms with Crippen LogP contribution in [-0.2, 0) is 12.8 Å². The van der Waals surface area contributed by atoms with Gasteiger partial charge in [0.05, 0.1) is 11.9 Å². The Balaban J connectivity index is 1.35. The number of anilines is 1. The minimum absolute atomic E-state index is 0.186. The van der Waals surface area contributed by atoms with E-state index >= 15 is 0 Å². The van der Waals surface area contributed by atoms with Crippen molar-refractivity contribution in [2.45, 2.75) is 32.2 Å². The first kappa shape index (κ1) is 17.9. The Kier molecular flexibility index (Phi) is 3.96. The van der Waals surface area contributed by atoms with Crippen molar-refractivity contribution in [3.8, 4) is 5.69 Å². The number of aromatic amines is 2. The van der Waals surface area contributed by atoms with Crippen LogP contribution in [0.2, 0.25) is 0 Å². The van der Waals surface area contributed by atoms with Crippen molar-refractivity contribution in [2.24, 2.45) is 0 Å². The number of hydrogen-bond acceptors (Lipinski definition) is 4. The van der Waals surface area contributed by atoms with Gasteiger partial charge in [0, 0.05) is 22.6 Å². The van der Waals surface area contributed by atoms with Crippen LogP contribution in [0.15, 0.2) is 59.5 Å². The van der Waals surface area contributed by atoms with Crippen molar-refractivity contribution in [1.82, 2.24) is 24.7 Å². The Morgan fingerprint density at radius 3 is 2.84 bits per heavy atom. The number of fused-ring (bicyclic) bond motifs is 4. The van der Waals surface area contributed by atoms with Crippen LogP contribution in [0.25, 0.3) is 27.6 Å². The molecule has 0 saturated heterocycles. The van der Waals surface area contributed by atoms with Gasteiger partial charge >= 0.3 is 0 Å². The number of para-hydroxylation sites is 1. The molecule has 0 fully saturated rings. The average Bonchev–Trinajstić information content (AvgIpc) is 3.36. The number of benzene rings is 2. The average molecular weight is 410 g/mol. The zero-order valence-electron chi connectivity index (χ0n) is 17.1. The first-order chi connectivity index (χ1) is 15.2. The quantitative estimate of drug-likeness (QED) is 0.421. The zero-order chi connectivity index (χ0) is 20.9. The SMILES string of the molecule is Cc1ccc2[nH]c3c(c2c1)CC(Nc1nc2c(cnn2-c2ccccc2)c(=O)[nH]1)CC3. The number of hydrogen-bond donors (Lipinski definition) is 3. The van der Waals surface area contributed by atoms with E-state index in [1.165, 1.54) is 27.7 Å². The summed E-state index contributed by atoms with van der Waals surface area (Å²) in [6.07, 6.45) is 4.39. The minimum Gasteiger partial charge on any atom is -0.358 e. The zero-order valence-corrected chi connectivity index (χ0v) is 17.1. The van der Waals surface area contributed by atoms with Gasteiger partial charge < -0.3 is 10.3 Å². The lowest BCUT2D eigenvalue weighted by atomic mass is 9.91. The van der Waals surface area contributed by atoms with Gasteiger partial charge in [-0.25, -0.2) is 4.68 Å². The van der Waals surface area contributed by atoms with Crippen molar-refractivity contribution < 1.29 is 0 Å². The van der Waals surface area contributed by atoms with Crippen LogP contribution in [0.3, 0.4) is 0 Å². The predicted molar refractivity (Wildman–Crippen MR) is 122 cm³/mol. The number of aromatic nitrogens is 5. The van der Waals surface area contributed by atoms with Crippen LogP contribution in [0.5, 0.6) is 0 Å². The van der Waals surface area contributed by atoms with E-state index in [4.69, 9.17) is 4.98 Å². The molecule has 7 nitrogen and oxygen atoms in total. The molecule has 0 amide bonds. The summed E-state index contributed by atoms with van der Waals surface area (Å²) in [5.74, 6) is 0.486. The van der Waals surface area contributed by atoms with Crippen molar-refractivity contribution in [1.29, 1.82) is 0 Å². The van der Waals surface area contributed by atoms with Crippen LogP contribution < -0.4 is 10.9 Å². The molecule has 3 aromatic heterocycles. The molecule has 0 bridgehead atoms. The van der Waals surface area contributed by atoms with Gasteiger partial charge in [-0.15, -0.1) is 0 Å². The molecule has 31 heavy (non-hydrogen) atoms. The fourth-order valence-corrected chi connectivity index (χ4v) is 4.59. The fourth-order valence-electron chi connectivity index (χ4n) is 4.59. The second-order valence-corrected chi connectivity index (χ2v) is 8.26. The van der Waals surface area contributed by atoms with Gasteiger partial charge in [0.2, 0.25) is 5.95 Å². The highest BCUT2D eigenvalue weighted by Crippen LogP contribution is 2.30. The lowest BCUT2D eigenvalue weighted by Gasteiger charge is -2.24. The molecule has 1 aliphatic carbocycles. The number of nitrogens with one attached hydrogen (secondary N) is 3. The first-order valence-corrected chi connectivity index (χ1v) is 10.6. The van der Waals surface area contributed by atoms with Crippen molar-refractivity contribution in [3.63, 3.8) is 0 Å². The molecule has 0 radical (unpaired) electrons. The van der Waals surface area contributed by atoms with Crippen LogP contribution >= 0.6 is 0 Å². The molecule has 0 aliphatic heterocycles. The third-order valence-electron chi connectivity index (χ3n) is 6.12. The monoisotopic (exact) mass is 410 g/mol. The summed E-state index contributed by atoms with van der Waals surface area (Å²) in [4.78, 5) is 23.8. The van der Waals surface area contributed by atoms with E-state index in [9.17, 15) is 4.79 Å². The minimum atomic E-state index is -0.186. The lowest BCUT2D eigenvalue weighted by molar-refractivity contribution is 0.603. The second kappa shape index (κ2) is 6.84. The van der Waals surface area contributed by atoms with E-state index in [0.717, 1.165) is 24.9 Å². The molecule has 1 aliphatic rings. The second-order valence-electron chi connectivity index (χ2n) is 8.26. The molecule has 3 N–H and O–H groups in total. The number of nitrogens with zero attached hydrogens (tertiary/aromatic N) is 3. The van der Waals surface area contributed by atoms with Gasteiger partial charge in [-0.3, -0.25) is 9.78 Å². The molecular weight excluding hydrogens is 388 g/mol. The maximum absolute atomic E-state index is 12.7. The molecule has 1 atom stereocenters. The molecule has 0 saturated carbocycles. The van der Waals surface area contributed by atoms with Gasteiger partial charge in [0.1, 0.15) is 5.39 Å². The highest BCUT2D eigenvalue weighted by Gasteiger charge is 2.23. The van der Waals surface area contributed by atoms with Crippen LogP contribution in [0.1, 0.15) is 23.2 Å². The molecule has 7 heteroatoms. The molecular formula is C24H22N6O. The fraction of sp³-hybridized carbons (Fsp3) is 0.208. The van der Waals surface area contributed by atoms with E-state index in [2.05, 4.69) is 45.5 Å². The molecule has 5 aromatic rings. The Hall–Kier alpha value is -3.87. The van der Waals surface area contributed by atoms with Crippen LogP contribution in [0, 0.1) is 6.92 Å². The Labute approximate surface area is 178 Å². The number of rotatable bonds is 3. The summed E-state index contributed by atoms with van der Waals surface area (Å²) in [5, 5.41) is 9.62. The maximum atomic E-state index is 12.7. The summed E-state index contributed by atoms with van der Waals surface area (Å²) in [7, 11) is 0. The molecule has 1 unspecified atom stereocenters. The number of aryl methyl sites for hydroxylation is 2. The third-order valence-corrected chi connectivity index (χ3v) is 6.12. The summed E-state index contributed by atoms with van der Waals surface area (Å²) < 4.78 is 1.71. The van der Waals surface area contributed by atoms with E-state index in [1.54, 1.807) is 10.9 Å². The van der Waals surface area contributed by atoms with Gasteiger partial charge in [-0.2, -0.15) is 10.1 Å². The predicted octanol–water partition coefficient (Wildman–Crippen LogP) is 3.87. The van der Waals surface area contributed by atoms with E-state index in [0.29, 0.717) is 17.0 Å². The standard InChI is InChI=1S/C24H22N6O/c1-14-7-9-20-17(11-14)18-12-15(8-10-21(18)27-20)26-24-28-22-19(23(31)29-24)13-25-30(22)16-5-3-2-4-6-16/h2-7,9,11,13,15,27H,8,10,12H2,1H3,(H2,26,28,29,31). The molecule has 154 valence electrons. The van der Waals surface area contributed by atoms with E-state index < -0.39 is 0 Å². The smallest absolute Gasteiger partial charge is 0.263 e. The molecule has 3 heterocycles. The summed E-state index contributed by atoms with van der Waals surface area (Å²) in [5.41, 5.74) is 6.37. The van der Waals surface area contributed by atoms with Gasteiger partial charge in [0.25, 0.3) is 5.56 Å². The Morgan fingerprint density at radius 1 is 1.10 bits per heavy atom. The van der Waals surface area contributed by atoms with Crippen molar-refractivity contribution in [3.05, 3.63) is 81.9 Å². The van der Waals surface area contributed by atoms with Crippen molar-refractivity contribution in [2.75, 3.05) is 5.32 Å². The van der Waals surface area contributed by atoms with Crippen molar-refractivity contribution >= 4 is 27.9 Å². The van der Waals surface area contributed by atoms with Crippen LogP contribution in [0.4, 0.5) is 5.95 Å². The Morgan fingerprint density at radius 2 is 1.97 bits per heavy atom. The number of H-pyrrole nitrogens is 2. The van der Waals surface area contributed by atoms with Gasteiger partial charge in [-0.05, 0) is 56.0 Å². The normalized spacial score (nSPS) is 16.0. The third kappa shape index (κ3) is 3.01. The Bertz CT molecular complexity index is 1480. The molecule has 2 aromatic carbocycles. The topological polar surface area (TPSA) is 91.4 Å². The van der Waals surface area contributed by atoms with Gasteiger partial charge in [0.15, 0.2) is 5.65 Å². The van der Waals surface area contributed by atoms with E-state index in [1.807, 2.05) is 30.3 Å². The van der Waals surface area contributed by atoms with Gasteiger partial charge in [-0.1, -0.05) is 29.8 Å².